The van der Waals surface area contributed by atoms with E-state index in [2.05, 4.69) is 46.3 Å². The zero-order valence-electron chi connectivity index (χ0n) is 12.9. The predicted octanol–water partition coefficient (Wildman–Crippen LogP) is 1.31. The summed E-state index contributed by atoms with van der Waals surface area (Å²) in [5.74, 6) is 2.60. The molecule has 0 aliphatic carbocycles. The number of aromatic nitrogens is 2. The van der Waals surface area contributed by atoms with E-state index in [1.54, 1.807) is 0 Å². The van der Waals surface area contributed by atoms with Crippen LogP contribution in [0.5, 0.6) is 0 Å². The van der Waals surface area contributed by atoms with E-state index in [-0.39, 0.29) is 5.54 Å². The molecule has 2 rings (SSSR count). The molecule has 1 unspecified atom stereocenters. The van der Waals surface area contributed by atoms with E-state index in [0.717, 1.165) is 37.7 Å². The van der Waals surface area contributed by atoms with Gasteiger partial charge in [0.2, 0.25) is 5.95 Å². The lowest BCUT2D eigenvalue weighted by atomic mass is 10.0. The molecule has 112 valence electrons. The maximum atomic E-state index is 5.83. The van der Waals surface area contributed by atoms with Gasteiger partial charge in [0.15, 0.2) is 0 Å². The molecule has 4 N–H and O–H groups in total. The van der Waals surface area contributed by atoms with Crippen molar-refractivity contribution in [3.8, 4) is 0 Å². The first-order chi connectivity index (χ1) is 9.42. The summed E-state index contributed by atoms with van der Waals surface area (Å²) in [6.45, 7) is 9.36. The summed E-state index contributed by atoms with van der Waals surface area (Å²) in [7, 11) is 2.01. The van der Waals surface area contributed by atoms with E-state index in [1.165, 1.54) is 0 Å². The van der Waals surface area contributed by atoms with E-state index in [4.69, 9.17) is 5.73 Å². The van der Waals surface area contributed by atoms with Crippen LogP contribution < -0.4 is 21.3 Å². The third-order valence-corrected chi connectivity index (χ3v) is 3.82. The molecule has 1 aliphatic rings. The van der Waals surface area contributed by atoms with Gasteiger partial charge in [-0.2, -0.15) is 9.97 Å². The Morgan fingerprint density at radius 2 is 2.20 bits per heavy atom. The summed E-state index contributed by atoms with van der Waals surface area (Å²) < 4.78 is 0. The van der Waals surface area contributed by atoms with E-state index in [0.29, 0.717) is 11.9 Å². The number of nitrogens with zero attached hydrogens (tertiary/aromatic N) is 3. The van der Waals surface area contributed by atoms with Crippen molar-refractivity contribution in [1.29, 1.82) is 0 Å². The molecular formula is C14H26N6. The van der Waals surface area contributed by atoms with E-state index in [9.17, 15) is 0 Å². The lowest BCUT2D eigenvalue weighted by molar-refractivity contribution is 0.428. The fourth-order valence-electron chi connectivity index (χ4n) is 2.37. The average Bonchev–Trinajstić information content (AvgIpc) is 2.79. The Morgan fingerprint density at radius 1 is 1.45 bits per heavy atom. The van der Waals surface area contributed by atoms with Gasteiger partial charge >= 0.3 is 0 Å². The molecule has 2 heterocycles. The van der Waals surface area contributed by atoms with Crippen LogP contribution in [0.4, 0.5) is 17.6 Å². The van der Waals surface area contributed by atoms with Crippen molar-refractivity contribution in [1.82, 2.24) is 15.3 Å². The minimum atomic E-state index is 0.144. The Kier molecular flexibility index (Phi) is 4.32. The average molecular weight is 278 g/mol. The number of nitrogen functional groups attached to an aromatic ring is 1. The normalized spacial score (nSPS) is 22.6. The maximum Gasteiger partial charge on any atom is 0.223 e. The molecule has 6 heteroatoms. The lowest BCUT2D eigenvalue weighted by Gasteiger charge is -2.24. The van der Waals surface area contributed by atoms with Crippen molar-refractivity contribution >= 4 is 17.6 Å². The summed E-state index contributed by atoms with van der Waals surface area (Å²) in [4.78, 5) is 10.9. The molecule has 0 radical (unpaired) electrons. The molecule has 0 aromatic carbocycles. The maximum absolute atomic E-state index is 5.83. The number of nitrogens with two attached hydrogens (primary N) is 1. The Bertz CT molecular complexity index is 461. The predicted molar refractivity (Wildman–Crippen MR) is 84.1 cm³/mol. The molecule has 1 aromatic rings. The van der Waals surface area contributed by atoms with Gasteiger partial charge in [-0.3, -0.25) is 0 Å². The number of hydrogen-bond acceptors (Lipinski definition) is 6. The quantitative estimate of drug-likeness (QED) is 0.754. The van der Waals surface area contributed by atoms with Crippen LogP contribution in [-0.2, 0) is 0 Å². The minimum absolute atomic E-state index is 0.144. The smallest absolute Gasteiger partial charge is 0.223 e. The first-order valence-corrected chi connectivity index (χ1v) is 7.24. The molecule has 1 aliphatic heterocycles. The van der Waals surface area contributed by atoms with Crippen LogP contribution in [0.15, 0.2) is 6.07 Å². The second kappa shape index (κ2) is 5.83. The van der Waals surface area contributed by atoms with Crippen LogP contribution in [0.1, 0.15) is 27.2 Å². The third-order valence-electron chi connectivity index (χ3n) is 3.82. The molecule has 1 aromatic heterocycles. The summed E-state index contributed by atoms with van der Waals surface area (Å²) in [6, 6.07) is 1.99. The second-order valence-electron chi connectivity index (χ2n) is 6.23. The molecular weight excluding hydrogens is 252 g/mol. The standard InChI is InChI=1S/C14H26N6/c1-10(2)8-17-11-7-12(19-13(15)18-11)20-6-5-14(3,9-20)16-4/h7,10,16H,5-6,8-9H2,1-4H3,(H3,15,17,18,19). The second-order valence-corrected chi connectivity index (χ2v) is 6.23. The van der Waals surface area contributed by atoms with Crippen molar-refractivity contribution in [3.05, 3.63) is 6.07 Å². The Morgan fingerprint density at radius 3 is 2.80 bits per heavy atom. The summed E-state index contributed by atoms with van der Waals surface area (Å²) >= 11 is 0. The largest absolute Gasteiger partial charge is 0.370 e. The molecule has 0 saturated carbocycles. The fourth-order valence-corrected chi connectivity index (χ4v) is 2.37. The first kappa shape index (κ1) is 14.8. The van der Waals surface area contributed by atoms with E-state index in [1.807, 2.05) is 13.1 Å². The number of hydrogen-bond donors (Lipinski definition) is 3. The van der Waals surface area contributed by atoms with Crippen molar-refractivity contribution in [2.24, 2.45) is 5.92 Å². The van der Waals surface area contributed by atoms with Gasteiger partial charge in [0.25, 0.3) is 0 Å². The highest BCUT2D eigenvalue weighted by Gasteiger charge is 2.33. The highest BCUT2D eigenvalue weighted by atomic mass is 15.3. The highest BCUT2D eigenvalue weighted by Crippen LogP contribution is 2.26. The number of nitrogens with one attached hydrogen (secondary N) is 2. The van der Waals surface area contributed by atoms with Gasteiger partial charge < -0.3 is 21.3 Å². The molecule has 0 bridgehead atoms. The number of anilines is 3. The van der Waals surface area contributed by atoms with Gasteiger partial charge in [0.1, 0.15) is 11.6 Å². The van der Waals surface area contributed by atoms with Crippen LogP contribution >= 0.6 is 0 Å². The molecule has 20 heavy (non-hydrogen) atoms. The zero-order chi connectivity index (χ0) is 14.8. The number of likely N-dealkylation sites (N-methyl/N-ethyl adjacent to an activating group) is 1. The van der Waals surface area contributed by atoms with E-state index >= 15 is 0 Å². The summed E-state index contributed by atoms with van der Waals surface area (Å²) in [6.07, 6.45) is 1.10. The monoisotopic (exact) mass is 278 g/mol. The van der Waals surface area contributed by atoms with Crippen LogP contribution in [0.25, 0.3) is 0 Å². The SMILES string of the molecule is CNC1(C)CCN(c2cc(NCC(C)C)nc(N)n2)C1. The van der Waals surface area contributed by atoms with Gasteiger partial charge in [0.05, 0.1) is 0 Å². The zero-order valence-corrected chi connectivity index (χ0v) is 12.9. The van der Waals surface area contributed by atoms with Crippen LogP contribution in [0.2, 0.25) is 0 Å². The van der Waals surface area contributed by atoms with Crippen LogP contribution in [0, 0.1) is 5.92 Å². The van der Waals surface area contributed by atoms with Crippen molar-refractivity contribution < 1.29 is 0 Å². The Labute approximate surface area is 121 Å². The van der Waals surface area contributed by atoms with Crippen molar-refractivity contribution in [2.45, 2.75) is 32.7 Å². The van der Waals surface area contributed by atoms with Gasteiger partial charge in [0, 0.05) is 31.2 Å². The Balaban J connectivity index is 2.12. The lowest BCUT2D eigenvalue weighted by Crippen LogP contribution is -2.42. The van der Waals surface area contributed by atoms with Crippen LogP contribution in [0.3, 0.4) is 0 Å². The minimum Gasteiger partial charge on any atom is -0.370 e. The highest BCUT2D eigenvalue weighted by molar-refractivity contribution is 5.53. The molecule has 1 atom stereocenters. The van der Waals surface area contributed by atoms with Crippen LogP contribution in [-0.4, -0.2) is 42.2 Å². The van der Waals surface area contributed by atoms with Gasteiger partial charge in [-0.15, -0.1) is 0 Å². The molecule has 1 saturated heterocycles. The summed E-state index contributed by atoms with van der Waals surface area (Å²) in [5.41, 5.74) is 5.97. The van der Waals surface area contributed by atoms with E-state index < -0.39 is 0 Å². The topological polar surface area (TPSA) is 79.1 Å². The van der Waals surface area contributed by atoms with Gasteiger partial charge in [-0.1, -0.05) is 13.8 Å². The molecule has 1 fully saturated rings. The number of rotatable bonds is 5. The third kappa shape index (κ3) is 3.50. The van der Waals surface area contributed by atoms with Gasteiger partial charge in [-0.25, -0.2) is 0 Å². The Hall–Kier alpha value is -1.56. The van der Waals surface area contributed by atoms with Crippen molar-refractivity contribution in [2.75, 3.05) is 42.6 Å². The first-order valence-electron chi connectivity index (χ1n) is 7.24. The molecule has 0 amide bonds. The summed E-state index contributed by atoms with van der Waals surface area (Å²) in [5, 5.41) is 6.69. The molecule has 6 nitrogen and oxygen atoms in total. The molecule has 0 spiro atoms. The van der Waals surface area contributed by atoms with Gasteiger partial charge in [-0.05, 0) is 26.3 Å². The fraction of sp³-hybridized carbons (Fsp3) is 0.714. The van der Waals surface area contributed by atoms with Crippen molar-refractivity contribution in [3.63, 3.8) is 0 Å².